The van der Waals surface area contributed by atoms with Gasteiger partial charge in [0.1, 0.15) is 12.9 Å². The standard InChI is InChI=1S/C13H14N8O2/c1-2-6-20-12(15-17-18-20)8-19-9-14-13(16-19)10-4-3-5-11(7-10)21(22)23/h3-5,7,9H,2,6,8H2,1H3. The van der Waals surface area contributed by atoms with Crippen LogP contribution in [0.1, 0.15) is 19.2 Å². The van der Waals surface area contributed by atoms with Crippen LogP contribution in [0.4, 0.5) is 5.69 Å². The molecule has 10 nitrogen and oxygen atoms in total. The molecule has 0 aliphatic carbocycles. The van der Waals surface area contributed by atoms with Gasteiger partial charge in [-0.15, -0.1) is 5.10 Å². The number of nitrogens with zero attached hydrogens (tertiary/aromatic N) is 8. The van der Waals surface area contributed by atoms with Gasteiger partial charge in [-0.2, -0.15) is 5.10 Å². The lowest BCUT2D eigenvalue weighted by molar-refractivity contribution is -0.384. The molecule has 0 aliphatic heterocycles. The number of rotatable bonds is 6. The second kappa shape index (κ2) is 6.30. The Morgan fingerprint density at radius 1 is 1.35 bits per heavy atom. The van der Waals surface area contributed by atoms with Crippen LogP contribution in [-0.2, 0) is 13.1 Å². The SMILES string of the molecule is CCCn1nnnc1Cn1cnc(-c2cccc([N+](=O)[O-])c2)n1. The van der Waals surface area contributed by atoms with E-state index in [1.165, 1.54) is 12.1 Å². The fourth-order valence-corrected chi connectivity index (χ4v) is 2.13. The highest BCUT2D eigenvalue weighted by atomic mass is 16.6. The lowest BCUT2D eigenvalue weighted by Crippen LogP contribution is -2.10. The molecule has 0 spiro atoms. The second-order valence-electron chi connectivity index (χ2n) is 4.89. The Hall–Kier alpha value is -3.17. The maximum atomic E-state index is 10.8. The summed E-state index contributed by atoms with van der Waals surface area (Å²) in [4.78, 5) is 14.6. The van der Waals surface area contributed by atoms with E-state index in [-0.39, 0.29) is 5.69 Å². The normalized spacial score (nSPS) is 10.8. The van der Waals surface area contributed by atoms with Crippen LogP contribution >= 0.6 is 0 Å². The van der Waals surface area contributed by atoms with Crippen molar-refractivity contribution in [3.8, 4) is 11.4 Å². The average molecular weight is 314 g/mol. The minimum absolute atomic E-state index is 0.00531. The number of aromatic nitrogens is 7. The Bertz CT molecular complexity index is 825. The summed E-state index contributed by atoms with van der Waals surface area (Å²) in [6, 6.07) is 6.21. The Morgan fingerprint density at radius 2 is 2.22 bits per heavy atom. The zero-order valence-corrected chi connectivity index (χ0v) is 12.4. The summed E-state index contributed by atoms with van der Waals surface area (Å²) < 4.78 is 3.32. The van der Waals surface area contributed by atoms with Crippen molar-refractivity contribution < 1.29 is 4.92 Å². The third kappa shape index (κ3) is 3.20. The highest BCUT2D eigenvalue weighted by Crippen LogP contribution is 2.20. The van der Waals surface area contributed by atoms with Crippen molar-refractivity contribution >= 4 is 5.69 Å². The molecule has 3 aromatic rings. The monoisotopic (exact) mass is 314 g/mol. The zero-order valence-electron chi connectivity index (χ0n) is 12.4. The summed E-state index contributed by atoms with van der Waals surface area (Å²) >= 11 is 0. The number of tetrazole rings is 1. The molecule has 118 valence electrons. The second-order valence-corrected chi connectivity index (χ2v) is 4.89. The van der Waals surface area contributed by atoms with E-state index >= 15 is 0 Å². The highest BCUT2D eigenvalue weighted by Gasteiger charge is 2.12. The number of hydrogen-bond donors (Lipinski definition) is 0. The molecular weight excluding hydrogens is 300 g/mol. The van der Waals surface area contributed by atoms with E-state index in [1.54, 1.807) is 27.8 Å². The number of non-ortho nitro benzene ring substituents is 1. The van der Waals surface area contributed by atoms with Crippen LogP contribution in [-0.4, -0.2) is 39.9 Å². The first-order valence-corrected chi connectivity index (χ1v) is 7.06. The first-order valence-electron chi connectivity index (χ1n) is 7.06. The first kappa shape index (κ1) is 14.8. The fourth-order valence-electron chi connectivity index (χ4n) is 2.13. The van der Waals surface area contributed by atoms with Gasteiger partial charge in [-0.25, -0.2) is 14.3 Å². The maximum Gasteiger partial charge on any atom is 0.270 e. The molecule has 2 heterocycles. The maximum absolute atomic E-state index is 10.8. The molecule has 2 aromatic heterocycles. The van der Waals surface area contributed by atoms with Gasteiger partial charge in [-0.3, -0.25) is 10.1 Å². The van der Waals surface area contributed by atoms with E-state index in [2.05, 4.69) is 25.6 Å². The van der Waals surface area contributed by atoms with Gasteiger partial charge in [0.15, 0.2) is 11.6 Å². The smallest absolute Gasteiger partial charge is 0.258 e. The van der Waals surface area contributed by atoms with E-state index in [9.17, 15) is 10.1 Å². The minimum Gasteiger partial charge on any atom is -0.258 e. The van der Waals surface area contributed by atoms with Crippen LogP contribution in [0.15, 0.2) is 30.6 Å². The molecule has 0 saturated heterocycles. The van der Waals surface area contributed by atoms with Gasteiger partial charge < -0.3 is 0 Å². The predicted octanol–water partition coefficient (Wildman–Crippen LogP) is 1.30. The summed E-state index contributed by atoms with van der Waals surface area (Å²) in [5, 5.41) is 26.7. The Labute approximate surface area is 130 Å². The van der Waals surface area contributed by atoms with Crippen LogP contribution in [0.25, 0.3) is 11.4 Å². The Morgan fingerprint density at radius 3 is 3.00 bits per heavy atom. The van der Waals surface area contributed by atoms with Crippen molar-refractivity contribution in [1.82, 2.24) is 35.0 Å². The molecule has 0 fully saturated rings. The van der Waals surface area contributed by atoms with E-state index in [1.807, 2.05) is 6.92 Å². The molecule has 0 unspecified atom stereocenters. The number of nitro benzene ring substituents is 1. The quantitative estimate of drug-likeness (QED) is 0.497. The highest BCUT2D eigenvalue weighted by molar-refractivity contribution is 5.58. The van der Waals surface area contributed by atoms with Crippen molar-refractivity contribution in [2.45, 2.75) is 26.4 Å². The van der Waals surface area contributed by atoms with Gasteiger partial charge in [0.2, 0.25) is 0 Å². The van der Waals surface area contributed by atoms with Gasteiger partial charge in [0.05, 0.1) is 4.92 Å². The van der Waals surface area contributed by atoms with Crippen molar-refractivity contribution in [2.75, 3.05) is 0 Å². The average Bonchev–Trinajstić information content (AvgIpc) is 3.18. The molecule has 0 amide bonds. The summed E-state index contributed by atoms with van der Waals surface area (Å²) in [7, 11) is 0. The molecule has 0 N–H and O–H groups in total. The van der Waals surface area contributed by atoms with Crippen LogP contribution in [0, 0.1) is 10.1 Å². The number of hydrogen-bond acceptors (Lipinski definition) is 7. The van der Waals surface area contributed by atoms with E-state index in [4.69, 9.17) is 0 Å². The number of benzene rings is 1. The number of nitro groups is 1. The predicted molar refractivity (Wildman–Crippen MR) is 79.3 cm³/mol. The Balaban J connectivity index is 1.82. The first-order chi connectivity index (χ1) is 11.2. The van der Waals surface area contributed by atoms with Gasteiger partial charge in [-0.1, -0.05) is 19.1 Å². The molecule has 0 radical (unpaired) electrons. The summed E-state index contributed by atoms with van der Waals surface area (Å²) in [5.41, 5.74) is 0.594. The molecule has 0 aliphatic rings. The molecule has 1 aromatic carbocycles. The molecule has 0 atom stereocenters. The van der Waals surface area contributed by atoms with Gasteiger partial charge >= 0.3 is 0 Å². The lowest BCUT2D eigenvalue weighted by atomic mass is 10.2. The van der Waals surface area contributed by atoms with Crippen LogP contribution < -0.4 is 0 Å². The largest absolute Gasteiger partial charge is 0.270 e. The molecule has 0 saturated carbocycles. The molecule has 0 bridgehead atoms. The van der Waals surface area contributed by atoms with Crippen molar-refractivity contribution in [1.29, 1.82) is 0 Å². The fraction of sp³-hybridized carbons (Fsp3) is 0.308. The molecular formula is C13H14N8O2. The minimum atomic E-state index is -0.445. The van der Waals surface area contributed by atoms with Crippen LogP contribution in [0.5, 0.6) is 0 Å². The zero-order chi connectivity index (χ0) is 16.2. The molecule has 23 heavy (non-hydrogen) atoms. The van der Waals surface area contributed by atoms with Crippen molar-refractivity contribution in [2.24, 2.45) is 0 Å². The third-order valence-electron chi connectivity index (χ3n) is 3.20. The molecule has 10 heteroatoms. The summed E-state index contributed by atoms with van der Waals surface area (Å²) in [6.07, 6.45) is 2.48. The third-order valence-corrected chi connectivity index (χ3v) is 3.20. The van der Waals surface area contributed by atoms with Gasteiger partial charge in [0.25, 0.3) is 5.69 Å². The van der Waals surface area contributed by atoms with Crippen LogP contribution in [0.3, 0.4) is 0 Å². The summed E-state index contributed by atoms with van der Waals surface area (Å²) in [6.45, 7) is 3.16. The Kier molecular flexibility index (Phi) is 4.04. The molecule has 3 rings (SSSR count). The van der Waals surface area contributed by atoms with Crippen molar-refractivity contribution in [3.05, 3.63) is 46.5 Å². The lowest BCUT2D eigenvalue weighted by Gasteiger charge is -2.02. The summed E-state index contributed by atoms with van der Waals surface area (Å²) in [5.74, 6) is 1.10. The topological polar surface area (TPSA) is 117 Å². The van der Waals surface area contributed by atoms with Gasteiger partial charge in [0, 0.05) is 24.2 Å². The van der Waals surface area contributed by atoms with E-state index < -0.39 is 4.92 Å². The van der Waals surface area contributed by atoms with E-state index in [0.717, 1.165) is 13.0 Å². The van der Waals surface area contributed by atoms with Crippen molar-refractivity contribution in [3.63, 3.8) is 0 Å². The van der Waals surface area contributed by atoms with E-state index in [0.29, 0.717) is 23.8 Å². The number of aryl methyl sites for hydroxylation is 1. The van der Waals surface area contributed by atoms with Gasteiger partial charge in [-0.05, 0) is 16.8 Å². The van der Waals surface area contributed by atoms with Crippen LogP contribution in [0.2, 0.25) is 0 Å².